The van der Waals surface area contributed by atoms with Crippen LogP contribution in [0.3, 0.4) is 0 Å². The number of hydrogen-bond donors (Lipinski definition) is 9. The molecule has 28 heteroatoms. The minimum absolute atomic E-state index is 0.0338. The molecule has 1 aliphatic rings. The smallest absolute Gasteiger partial charge is 0.386 e. The molecule has 0 bridgehead atoms. The Balaban J connectivity index is 1.32. The van der Waals surface area contributed by atoms with Gasteiger partial charge >= 0.3 is 23.5 Å². The van der Waals surface area contributed by atoms with Crippen LogP contribution in [0.2, 0.25) is 0 Å². The van der Waals surface area contributed by atoms with Crippen molar-refractivity contribution in [1.29, 1.82) is 0 Å². The molecule has 2 aromatic heterocycles. The Morgan fingerprint density at radius 3 is 2.09 bits per heavy atom. The SMILES string of the molecule is CCCCCCCCCCCCCCCC(=O)SCCNC(=O)CCNC(=O)[C@@H](O)C(C)(C)COP(=O)(O)OP(=O)(O)OC[C@@H]1O[C@H](n2cnc3c(N)ncnc32)[C@@H](O)[C@H]1OP(=O)(O)O. The lowest BCUT2D eigenvalue weighted by molar-refractivity contribution is -0.137. The summed E-state index contributed by atoms with van der Waals surface area (Å²) in [5.74, 6) is -1.02. The third-order valence-electron chi connectivity index (χ3n) is 10.2. The van der Waals surface area contributed by atoms with Gasteiger partial charge in [-0.3, -0.25) is 32.5 Å². The van der Waals surface area contributed by atoms with Crippen molar-refractivity contribution in [1.82, 2.24) is 30.2 Å². The van der Waals surface area contributed by atoms with Crippen molar-refractivity contribution in [3.8, 4) is 0 Å². The molecule has 0 saturated carbocycles. The number of aromatic nitrogens is 4. The van der Waals surface area contributed by atoms with Crippen molar-refractivity contribution in [2.24, 2.45) is 5.41 Å². The van der Waals surface area contributed by atoms with E-state index in [0.29, 0.717) is 12.2 Å². The lowest BCUT2D eigenvalue weighted by Gasteiger charge is -2.30. The Kier molecular flexibility index (Phi) is 24.1. The number of nitrogen functional groups attached to an aromatic ring is 1. The van der Waals surface area contributed by atoms with Crippen LogP contribution in [0.5, 0.6) is 0 Å². The predicted octanol–water partition coefficient (Wildman–Crippen LogP) is 4.15. The largest absolute Gasteiger partial charge is 0.481 e. The van der Waals surface area contributed by atoms with Gasteiger partial charge in [0.25, 0.3) is 0 Å². The summed E-state index contributed by atoms with van der Waals surface area (Å²) < 4.78 is 62.4. The number of anilines is 1. The number of nitrogens with zero attached hydrogens (tertiary/aromatic N) is 4. The van der Waals surface area contributed by atoms with E-state index in [2.05, 4.69) is 41.3 Å². The minimum Gasteiger partial charge on any atom is -0.386 e. The summed E-state index contributed by atoms with van der Waals surface area (Å²) in [6.45, 7) is 2.81. The zero-order valence-electron chi connectivity index (χ0n) is 37.0. The van der Waals surface area contributed by atoms with E-state index in [1.807, 2.05) is 0 Å². The lowest BCUT2D eigenvalue weighted by Crippen LogP contribution is -2.46. The van der Waals surface area contributed by atoms with Crippen molar-refractivity contribution in [3.63, 3.8) is 0 Å². The maximum atomic E-state index is 12.7. The number of rotatable bonds is 33. The number of nitrogens with one attached hydrogen (secondary N) is 2. The highest BCUT2D eigenvalue weighted by Crippen LogP contribution is 2.61. The van der Waals surface area contributed by atoms with Crippen LogP contribution in [0.4, 0.5) is 5.82 Å². The van der Waals surface area contributed by atoms with Gasteiger partial charge in [0.2, 0.25) is 11.8 Å². The molecule has 24 nitrogen and oxygen atoms in total. The number of aliphatic hydroxyl groups is 2. The molecule has 0 radical (unpaired) electrons. The second kappa shape index (κ2) is 27.5. The molecule has 10 N–H and O–H groups in total. The summed E-state index contributed by atoms with van der Waals surface area (Å²) in [6.07, 6.45) is 9.53. The molecule has 1 fully saturated rings. The number of hydrogen-bond acceptors (Lipinski definition) is 18. The average Bonchev–Trinajstić information content (AvgIpc) is 3.79. The number of phosphoric ester groups is 3. The number of fused-ring (bicyclic) bond motifs is 1. The quantitative estimate of drug-likeness (QED) is 0.0358. The molecule has 2 amide bonds. The van der Waals surface area contributed by atoms with Gasteiger partial charge in [0.05, 0.1) is 19.5 Å². The van der Waals surface area contributed by atoms with Crippen molar-refractivity contribution in [2.75, 3.05) is 37.8 Å². The van der Waals surface area contributed by atoms with E-state index < -0.39 is 84.6 Å². The Bertz CT molecular complexity index is 1960. The van der Waals surface area contributed by atoms with E-state index in [1.54, 1.807) is 0 Å². The Morgan fingerprint density at radius 1 is 0.877 bits per heavy atom. The molecular formula is C37H66N7O17P3S. The normalized spacial score (nSPS) is 20.3. The van der Waals surface area contributed by atoms with Crippen LogP contribution in [0.15, 0.2) is 12.7 Å². The van der Waals surface area contributed by atoms with Crippen LogP contribution < -0.4 is 16.4 Å². The topological polar surface area (TPSA) is 364 Å². The number of carbonyl (C=O) groups is 3. The number of thioether (sulfide) groups is 1. The fourth-order valence-electron chi connectivity index (χ4n) is 6.65. The average molecular weight is 1010 g/mol. The van der Waals surface area contributed by atoms with E-state index in [4.69, 9.17) is 19.5 Å². The van der Waals surface area contributed by atoms with Crippen LogP contribution in [-0.2, 0) is 50.7 Å². The number of nitrogens with two attached hydrogens (primary N) is 1. The first-order chi connectivity index (χ1) is 30.6. The Labute approximate surface area is 382 Å². The van der Waals surface area contributed by atoms with E-state index in [-0.39, 0.29) is 41.6 Å². The molecule has 2 unspecified atom stereocenters. The molecule has 65 heavy (non-hydrogen) atoms. The molecule has 1 saturated heterocycles. The van der Waals surface area contributed by atoms with Crippen molar-refractivity contribution < 1.29 is 80.5 Å². The van der Waals surface area contributed by atoms with Gasteiger partial charge in [0, 0.05) is 37.1 Å². The van der Waals surface area contributed by atoms with Crippen LogP contribution in [-0.4, -0.2) is 123 Å². The van der Waals surface area contributed by atoms with E-state index in [9.17, 15) is 57.9 Å². The van der Waals surface area contributed by atoms with E-state index >= 15 is 0 Å². The van der Waals surface area contributed by atoms with Crippen LogP contribution in [0, 0.1) is 5.41 Å². The van der Waals surface area contributed by atoms with E-state index in [1.165, 1.54) is 78.1 Å². The predicted molar refractivity (Wildman–Crippen MR) is 237 cm³/mol. The molecule has 0 spiro atoms. The summed E-state index contributed by atoms with van der Waals surface area (Å²) in [5, 5.41) is 26.6. The maximum absolute atomic E-state index is 12.7. The fraction of sp³-hybridized carbons (Fsp3) is 0.784. The summed E-state index contributed by atoms with van der Waals surface area (Å²) in [6, 6.07) is 0. The fourth-order valence-corrected chi connectivity index (χ4v) is 10.2. The molecule has 3 rings (SSSR count). The Morgan fingerprint density at radius 2 is 1.48 bits per heavy atom. The highest BCUT2D eigenvalue weighted by atomic mass is 32.2. The first kappa shape index (κ1) is 56.9. The molecule has 0 aliphatic carbocycles. The molecule has 2 aromatic rings. The zero-order valence-corrected chi connectivity index (χ0v) is 40.5. The van der Waals surface area contributed by atoms with Gasteiger partial charge in [-0.25, -0.2) is 28.6 Å². The highest BCUT2D eigenvalue weighted by Gasteiger charge is 2.50. The second-order valence-corrected chi connectivity index (χ2v) is 21.7. The van der Waals surface area contributed by atoms with Crippen molar-refractivity contribution in [2.45, 2.75) is 148 Å². The van der Waals surface area contributed by atoms with Crippen LogP contribution in [0.25, 0.3) is 11.2 Å². The number of ether oxygens (including phenoxy) is 1. The third kappa shape index (κ3) is 20.8. The standard InChI is InChI=1S/C37H66N7O17P3S/c1-4-5-6-7-8-9-10-11-12-13-14-15-16-17-28(46)65-21-20-39-27(45)18-19-40-35(49)32(48)37(2,3)23-58-64(55,56)61-63(53,54)57-22-26-31(60-62(50,51)52)30(47)36(59-26)44-25-43-29-33(38)41-24-42-34(29)44/h24-26,30-32,36,47-48H,4-23H2,1-3H3,(H,39,45)(H,40,49)(H,53,54)(H,55,56)(H2,38,41,42)(H2,50,51,52)/t26-,30-,31-,32+,36-/m0/s1. The molecule has 3 heterocycles. The molecule has 1 aliphatic heterocycles. The molecule has 0 aromatic carbocycles. The van der Waals surface area contributed by atoms with E-state index in [0.717, 1.165) is 48.2 Å². The Hall–Kier alpha value is -2.44. The number of imidazole rings is 1. The highest BCUT2D eigenvalue weighted by molar-refractivity contribution is 8.13. The number of unbranched alkanes of at least 4 members (excludes halogenated alkanes) is 12. The summed E-state index contributed by atoms with van der Waals surface area (Å²) in [4.78, 5) is 88.3. The van der Waals surface area contributed by atoms with Gasteiger partial charge < -0.3 is 50.9 Å². The minimum atomic E-state index is -5.57. The third-order valence-corrected chi connectivity index (χ3v) is 14.3. The van der Waals surface area contributed by atoms with Crippen LogP contribution in [0.1, 0.15) is 123 Å². The van der Waals surface area contributed by atoms with Gasteiger partial charge in [-0.2, -0.15) is 4.31 Å². The van der Waals surface area contributed by atoms with Gasteiger partial charge in [-0.15, -0.1) is 0 Å². The zero-order chi connectivity index (χ0) is 48.3. The molecule has 372 valence electrons. The first-order valence-corrected chi connectivity index (χ1v) is 27.1. The number of aliphatic hydroxyl groups excluding tert-OH is 2. The molecular weight excluding hydrogens is 939 g/mol. The summed E-state index contributed by atoms with van der Waals surface area (Å²) in [5.41, 5.74) is 4.29. The first-order valence-electron chi connectivity index (χ1n) is 21.6. The van der Waals surface area contributed by atoms with Gasteiger partial charge in [-0.05, 0) is 6.42 Å². The van der Waals surface area contributed by atoms with Crippen molar-refractivity contribution >= 4 is 69.1 Å². The van der Waals surface area contributed by atoms with Gasteiger partial charge in [-0.1, -0.05) is 110 Å². The van der Waals surface area contributed by atoms with Crippen LogP contribution >= 0.6 is 35.2 Å². The summed E-state index contributed by atoms with van der Waals surface area (Å²) in [7, 11) is -16.4. The van der Waals surface area contributed by atoms with Gasteiger partial charge in [0.1, 0.15) is 36.3 Å². The maximum Gasteiger partial charge on any atom is 0.481 e. The number of phosphoric acid groups is 3. The molecule has 7 atom stereocenters. The lowest BCUT2D eigenvalue weighted by atomic mass is 9.87. The number of amides is 2. The monoisotopic (exact) mass is 1010 g/mol. The second-order valence-electron chi connectivity index (χ2n) is 16.3. The van der Waals surface area contributed by atoms with Gasteiger partial charge in [0.15, 0.2) is 22.8 Å². The van der Waals surface area contributed by atoms with Crippen molar-refractivity contribution in [3.05, 3.63) is 12.7 Å². The number of carbonyl (C=O) groups excluding carboxylic acids is 3. The summed E-state index contributed by atoms with van der Waals surface area (Å²) >= 11 is 1.15.